The lowest BCUT2D eigenvalue weighted by atomic mass is 10.1. The predicted octanol–water partition coefficient (Wildman–Crippen LogP) is 1.88. The maximum atomic E-state index is 8.90. The fourth-order valence-electron chi connectivity index (χ4n) is 3.06. The maximum Gasteiger partial charge on any atom is 0.223 e. The highest BCUT2D eigenvalue weighted by Crippen LogP contribution is 2.14. The zero-order chi connectivity index (χ0) is 17.5. The summed E-state index contributed by atoms with van der Waals surface area (Å²) < 4.78 is 10.7. The highest BCUT2D eigenvalue weighted by Gasteiger charge is 2.20. The topological polar surface area (TPSA) is 87.2 Å². The van der Waals surface area contributed by atoms with Gasteiger partial charge < -0.3 is 14.6 Å². The van der Waals surface area contributed by atoms with E-state index >= 15 is 0 Å². The van der Waals surface area contributed by atoms with Crippen LogP contribution >= 0.6 is 0 Å². The lowest BCUT2D eigenvalue weighted by molar-refractivity contribution is 0.173. The highest BCUT2D eigenvalue weighted by atomic mass is 16.5. The summed E-state index contributed by atoms with van der Waals surface area (Å²) in [5.74, 6) is 2.09. The Bertz CT molecular complexity index is 724. The number of aryl methyl sites for hydroxylation is 1. The second-order valence-corrected chi connectivity index (χ2v) is 6.25. The lowest BCUT2D eigenvalue weighted by Crippen LogP contribution is -2.46. The smallest absolute Gasteiger partial charge is 0.223 e. The van der Waals surface area contributed by atoms with Gasteiger partial charge in [-0.3, -0.25) is 4.90 Å². The molecule has 2 aromatic rings. The van der Waals surface area contributed by atoms with E-state index < -0.39 is 0 Å². The molecule has 1 N–H and O–H groups in total. The molecule has 7 nitrogen and oxygen atoms in total. The van der Waals surface area contributed by atoms with E-state index in [0.29, 0.717) is 24.1 Å². The van der Waals surface area contributed by atoms with E-state index in [0.717, 1.165) is 50.6 Å². The number of hydrogen-bond acceptors (Lipinski definition) is 7. The standard InChI is InChI=1S/C18H23N5O2/c1-14-21-18(22-25-14)13-23-8-3-5-16(12-23)20-7-9-24-17-6-2-4-15(10-17)11-19/h2,4,6,10,16,20H,3,5,7-9,12-13H2,1H3/t16-/m1/s1. The zero-order valence-corrected chi connectivity index (χ0v) is 14.4. The van der Waals surface area contributed by atoms with E-state index in [-0.39, 0.29) is 0 Å². The maximum absolute atomic E-state index is 8.90. The molecular weight excluding hydrogens is 318 g/mol. The van der Waals surface area contributed by atoms with Gasteiger partial charge >= 0.3 is 0 Å². The quantitative estimate of drug-likeness (QED) is 0.769. The van der Waals surface area contributed by atoms with Crippen molar-refractivity contribution in [2.45, 2.75) is 32.4 Å². The molecule has 0 amide bonds. The number of rotatable bonds is 7. The molecule has 1 saturated heterocycles. The average Bonchev–Trinajstić information content (AvgIpc) is 3.04. The number of ether oxygens (including phenoxy) is 1. The second kappa shape index (κ2) is 8.60. The van der Waals surface area contributed by atoms with Crippen molar-refractivity contribution >= 4 is 0 Å². The van der Waals surface area contributed by atoms with Gasteiger partial charge in [-0.2, -0.15) is 10.2 Å². The summed E-state index contributed by atoms with van der Waals surface area (Å²) in [6.45, 7) is 5.92. The molecule has 2 heterocycles. The van der Waals surface area contributed by atoms with Crippen molar-refractivity contribution in [2.24, 2.45) is 0 Å². The summed E-state index contributed by atoms with van der Waals surface area (Å²) in [6.07, 6.45) is 2.31. The average molecular weight is 341 g/mol. The molecule has 25 heavy (non-hydrogen) atoms. The van der Waals surface area contributed by atoms with Gasteiger partial charge in [0.15, 0.2) is 5.82 Å². The van der Waals surface area contributed by atoms with Crippen LogP contribution in [0.4, 0.5) is 0 Å². The van der Waals surface area contributed by atoms with Crippen LogP contribution in [0.1, 0.15) is 30.1 Å². The Balaban J connectivity index is 1.38. The molecule has 0 bridgehead atoms. The van der Waals surface area contributed by atoms with E-state index in [4.69, 9.17) is 14.5 Å². The molecule has 1 fully saturated rings. The number of piperidine rings is 1. The summed E-state index contributed by atoms with van der Waals surface area (Å²) in [7, 11) is 0. The fourth-order valence-corrected chi connectivity index (χ4v) is 3.06. The molecule has 0 spiro atoms. The van der Waals surface area contributed by atoms with Crippen LogP contribution in [0.15, 0.2) is 28.8 Å². The molecule has 0 aliphatic carbocycles. The van der Waals surface area contributed by atoms with Crippen molar-refractivity contribution in [1.29, 1.82) is 5.26 Å². The van der Waals surface area contributed by atoms with Gasteiger partial charge in [-0.25, -0.2) is 0 Å². The van der Waals surface area contributed by atoms with Crippen molar-refractivity contribution in [2.75, 3.05) is 26.2 Å². The number of benzene rings is 1. The highest BCUT2D eigenvalue weighted by molar-refractivity contribution is 5.36. The third-order valence-corrected chi connectivity index (χ3v) is 4.21. The lowest BCUT2D eigenvalue weighted by Gasteiger charge is -2.32. The first-order chi connectivity index (χ1) is 12.2. The number of nitrogens with one attached hydrogen (secondary N) is 1. The molecule has 3 rings (SSSR count). The van der Waals surface area contributed by atoms with Crippen molar-refractivity contribution in [3.63, 3.8) is 0 Å². The van der Waals surface area contributed by atoms with Gasteiger partial charge in [0, 0.05) is 26.1 Å². The minimum absolute atomic E-state index is 0.441. The summed E-state index contributed by atoms with van der Waals surface area (Å²) in [5.41, 5.74) is 0.616. The number of likely N-dealkylation sites (tertiary alicyclic amines) is 1. The summed E-state index contributed by atoms with van der Waals surface area (Å²) in [4.78, 5) is 6.62. The number of hydrogen-bond donors (Lipinski definition) is 1. The largest absolute Gasteiger partial charge is 0.492 e. The third-order valence-electron chi connectivity index (χ3n) is 4.21. The van der Waals surface area contributed by atoms with Crippen LogP contribution in [-0.4, -0.2) is 47.3 Å². The van der Waals surface area contributed by atoms with Gasteiger partial charge in [0.25, 0.3) is 0 Å². The van der Waals surface area contributed by atoms with Crippen LogP contribution in [-0.2, 0) is 6.54 Å². The van der Waals surface area contributed by atoms with E-state index in [9.17, 15) is 0 Å². The Hall–Kier alpha value is -2.43. The van der Waals surface area contributed by atoms with Gasteiger partial charge in [-0.05, 0) is 37.6 Å². The Kier molecular flexibility index (Phi) is 5.99. The van der Waals surface area contributed by atoms with Crippen molar-refractivity contribution in [3.05, 3.63) is 41.5 Å². The van der Waals surface area contributed by atoms with E-state index in [1.807, 2.05) is 19.1 Å². The Labute approximate surface area is 147 Å². The predicted molar refractivity (Wildman–Crippen MR) is 92.0 cm³/mol. The number of aromatic nitrogens is 2. The SMILES string of the molecule is Cc1nc(CN2CCC[C@@H](NCCOc3cccc(C#N)c3)C2)no1. The van der Waals surface area contributed by atoms with Crippen LogP contribution < -0.4 is 10.1 Å². The van der Waals surface area contributed by atoms with E-state index in [1.165, 1.54) is 0 Å². The molecule has 1 aliphatic rings. The molecular formula is C18H23N5O2. The molecule has 1 aliphatic heterocycles. The molecule has 7 heteroatoms. The Morgan fingerprint density at radius 2 is 2.40 bits per heavy atom. The van der Waals surface area contributed by atoms with Crippen molar-refractivity contribution < 1.29 is 9.26 Å². The van der Waals surface area contributed by atoms with Crippen molar-refractivity contribution in [3.8, 4) is 11.8 Å². The normalized spacial score (nSPS) is 18.0. The minimum Gasteiger partial charge on any atom is -0.492 e. The Morgan fingerprint density at radius 1 is 1.48 bits per heavy atom. The Morgan fingerprint density at radius 3 is 3.20 bits per heavy atom. The number of nitriles is 1. The molecule has 1 aromatic heterocycles. The zero-order valence-electron chi connectivity index (χ0n) is 14.4. The van der Waals surface area contributed by atoms with Crippen LogP contribution in [0, 0.1) is 18.3 Å². The minimum atomic E-state index is 0.441. The van der Waals surface area contributed by atoms with Crippen molar-refractivity contribution in [1.82, 2.24) is 20.4 Å². The molecule has 132 valence electrons. The van der Waals surface area contributed by atoms with Crippen LogP contribution in [0.25, 0.3) is 0 Å². The van der Waals surface area contributed by atoms with Gasteiger partial charge in [0.1, 0.15) is 12.4 Å². The first-order valence-corrected chi connectivity index (χ1v) is 8.61. The van der Waals surface area contributed by atoms with Crippen LogP contribution in [0.3, 0.4) is 0 Å². The molecule has 1 atom stereocenters. The second-order valence-electron chi connectivity index (χ2n) is 6.25. The molecule has 1 aromatic carbocycles. The fraction of sp³-hybridized carbons (Fsp3) is 0.500. The summed E-state index contributed by atoms with van der Waals surface area (Å²) >= 11 is 0. The van der Waals surface area contributed by atoms with Crippen LogP contribution in [0.2, 0.25) is 0 Å². The van der Waals surface area contributed by atoms with Gasteiger partial charge in [0.2, 0.25) is 5.89 Å². The van der Waals surface area contributed by atoms with Gasteiger partial charge in [0.05, 0.1) is 18.2 Å². The van der Waals surface area contributed by atoms with Crippen LogP contribution in [0.5, 0.6) is 5.75 Å². The molecule has 0 radical (unpaired) electrons. The summed E-state index contributed by atoms with van der Waals surface area (Å²) in [5, 5.41) is 16.4. The van der Waals surface area contributed by atoms with E-state index in [1.54, 1.807) is 12.1 Å². The first-order valence-electron chi connectivity index (χ1n) is 8.61. The third kappa shape index (κ3) is 5.28. The first kappa shape index (κ1) is 17.4. The van der Waals surface area contributed by atoms with Gasteiger partial charge in [-0.15, -0.1) is 0 Å². The monoisotopic (exact) mass is 341 g/mol. The number of nitrogens with zero attached hydrogens (tertiary/aromatic N) is 4. The van der Waals surface area contributed by atoms with E-state index in [2.05, 4.69) is 26.4 Å². The van der Waals surface area contributed by atoms with Gasteiger partial charge in [-0.1, -0.05) is 11.2 Å². The summed E-state index contributed by atoms with van der Waals surface area (Å²) in [6, 6.07) is 9.79. The molecule has 0 unspecified atom stereocenters. The molecule has 0 saturated carbocycles.